The van der Waals surface area contributed by atoms with E-state index in [4.69, 9.17) is 4.74 Å². The Hall–Kier alpha value is -1.61. The van der Waals surface area contributed by atoms with E-state index in [0.29, 0.717) is 12.2 Å². The minimum atomic E-state index is -0.0727. The lowest BCUT2D eigenvalue weighted by Gasteiger charge is -2.60. The van der Waals surface area contributed by atoms with Crippen LogP contribution >= 0.6 is 15.9 Å². The van der Waals surface area contributed by atoms with Crippen LogP contribution in [0.5, 0.6) is 5.75 Å². The van der Waals surface area contributed by atoms with E-state index in [1.165, 1.54) is 32.1 Å². The van der Waals surface area contributed by atoms with Crippen LogP contribution in [0.1, 0.15) is 44.9 Å². The number of ether oxygens (including phenoxy) is 1. The molecule has 0 aliphatic heterocycles. The number of benzene rings is 2. The largest absolute Gasteiger partial charge is 0.426 e. The summed E-state index contributed by atoms with van der Waals surface area (Å²) in [6.45, 7) is 0. The van der Waals surface area contributed by atoms with E-state index >= 15 is 0 Å². The zero-order valence-electron chi connectivity index (χ0n) is 15.5. The normalized spacial score (nSPS) is 33.8. The van der Waals surface area contributed by atoms with Crippen LogP contribution in [-0.4, -0.2) is 10.3 Å². The van der Waals surface area contributed by atoms with E-state index < -0.39 is 0 Å². The summed E-state index contributed by atoms with van der Waals surface area (Å²) in [5, 5.41) is 0. The van der Waals surface area contributed by atoms with Gasteiger partial charge in [0.05, 0.1) is 6.42 Å². The van der Waals surface area contributed by atoms with Crippen molar-refractivity contribution in [1.29, 1.82) is 0 Å². The van der Waals surface area contributed by atoms with Gasteiger partial charge in [0.1, 0.15) is 5.75 Å². The number of carbonyl (C=O) groups is 1. The fourth-order valence-electron chi connectivity index (χ4n) is 6.42. The second-order valence-electron chi connectivity index (χ2n) is 9.12. The predicted molar refractivity (Wildman–Crippen MR) is 111 cm³/mol. The average Bonchev–Trinajstić information content (AvgIpc) is 2.60. The van der Waals surface area contributed by atoms with Gasteiger partial charge in [0.25, 0.3) is 0 Å². The molecule has 140 valence electrons. The molecule has 0 amide bonds. The molecule has 3 heteroatoms. The van der Waals surface area contributed by atoms with E-state index in [9.17, 15) is 4.79 Å². The molecule has 4 bridgehead atoms. The Kier molecular flexibility index (Phi) is 4.19. The first kappa shape index (κ1) is 17.5. The molecule has 2 unspecified atom stereocenters. The first-order valence-corrected chi connectivity index (χ1v) is 10.9. The molecule has 2 nitrogen and oxygen atoms in total. The number of halogens is 1. The topological polar surface area (TPSA) is 26.3 Å². The van der Waals surface area contributed by atoms with E-state index in [2.05, 4.69) is 28.1 Å². The maximum atomic E-state index is 12.9. The fourth-order valence-corrected chi connectivity index (χ4v) is 7.93. The minimum Gasteiger partial charge on any atom is -0.426 e. The molecule has 0 saturated heterocycles. The first-order chi connectivity index (χ1) is 13.0. The van der Waals surface area contributed by atoms with Gasteiger partial charge in [-0.3, -0.25) is 4.79 Å². The summed E-state index contributed by atoms with van der Waals surface area (Å²) in [7, 11) is 0. The van der Waals surface area contributed by atoms with Crippen molar-refractivity contribution >= 4 is 21.9 Å². The van der Waals surface area contributed by atoms with Crippen molar-refractivity contribution in [3.8, 4) is 16.9 Å². The van der Waals surface area contributed by atoms with Gasteiger partial charge in [-0.2, -0.15) is 0 Å². The highest BCUT2D eigenvalue weighted by atomic mass is 79.9. The number of para-hydroxylation sites is 1. The van der Waals surface area contributed by atoms with Crippen molar-refractivity contribution in [2.75, 3.05) is 0 Å². The number of hydrogen-bond acceptors (Lipinski definition) is 2. The molecule has 4 fully saturated rings. The third kappa shape index (κ3) is 3.35. The summed E-state index contributed by atoms with van der Waals surface area (Å²) in [6, 6.07) is 18.0. The third-order valence-electron chi connectivity index (χ3n) is 6.83. The third-order valence-corrected chi connectivity index (χ3v) is 7.75. The molecule has 0 N–H and O–H groups in total. The van der Waals surface area contributed by atoms with Crippen molar-refractivity contribution in [3.05, 3.63) is 54.6 Å². The van der Waals surface area contributed by atoms with Gasteiger partial charge in [-0.1, -0.05) is 64.5 Å². The highest BCUT2D eigenvalue weighted by Crippen LogP contribution is 2.65. The molecule has 27 heavy (non-hydrogen) atoms. The quantitative estimate of drug-likeness (QED) is 0.323. The highest BCUT2D eigenvalue weighted by molar-refractivity contribution is 9.10. The van der Waals surface area contributed by atoms with Crippen LogP contribution in [0.2, 0.25) is 0 Å². The Labute approximate surface area is 169 Å². The molecule has 0 aromatic heterocycles. The molecule has 4 aliphatic rings. The van der Waals surface area contributed by atoms with Gasteiger partial charge in [-0.05, 0) is 67.4 Å². The SMILES string of the molecule is O=C(CC12CC3CC(CC(Br)(C3)C1)C2)Oc1ccccc1-c1ccccc1. The van der Waals surface area contributed by atoms with Crippen molar-refractivity contribution in [1.82, 2.24) is 0 Å². The Morgan fingerprint density at radius 2 is 1.63 bits per heavy atom. The standard InChI is InChI=1S/C24H25BrO2/c25-24-13-17-10-18(14-24)12-23(11-17,16-24)15-22(26)27-21-9-5-4-8-20(21)19-6-2-1-3-7-19/h1-9,17-18H,10-16H2. The van der Waals surface area contributed by atoms with Crippen LogP contribution < -0.4 is 4.74 Å². The summed E-state index contributed by atoms with van der Waals surface area (Å²) in [4.78, 5) is 12.9. The van der Waals surface area contributed by atoms with Crippen molar-refractivity contribution in [3.63, 3.8) is 0 Å². The van der Waals surface area contributed by atoms with Crippen molar-refractivity contribution in [2.45, 2.75) is 49.3 Å². The Morgan fingerprint density at radius 3 is 2.33 bits per heavy atom. The van der Waals surface area contributed by atoms with Gasteiger partial charge >= 0.3 is 5.97 Å². The second-order valence-corrected chi connectivity index (χ2v) is 10.8. The Morgan fingerprint density at radius 1 is 0.963 bits per heavy atom. The first-order valence-electron chi connectivity index (χ1n) is 10.1. The predicted octanol–water partition coefficient (Wildman–Crippen LogP) is 6.38. The van der Waals surface area contributed by atoms with E-state index in [1.807, 2.05) is 42.5 Å². The molecular formula is C24H25BrO2. The molecule has 0 spiro atoms. The fraction of sp³-hybridized carbons (Fsp3) is 0.458. The minimum absolute atomic E-state index is 0.0727. The van der Waals surface area contributed by atoms with Gasteiger partial charge in [-0.25, -0.2) is 0 Å². The van der Waals surface area contributed by atoms with Gasteiger partial charge in [-0.15, -0.1) is 0 Å². The monoisotopic (exact) mass is 424 g/mol. The number of esters is 1. The van der Waals surface area contributed by atoms with Crippen molar-refractivity contribution < 1.29 is 9.53 Å². The second kappa shape index (κ2) is 6.48. The Bertz CT molecular complexity index is 846. The zero-order chi connectivity index (χ0) is 18.5. The van der Waals surface area contributed by atoms with Gasteiger partial charge < -0.3 is 4.74 Å². The van der Waals surface area contributed by atoms with Gasteiger partial charge in [0, 0.05) is 9.89 Å². The van der Waals surface area contributed by atoms with Crippen LogP contribution in [0.25, 0.3) is 11.1 Å². The smallest absolute Gasteiger partial charge is 0.311 e. The number of rotatable bonds is 4. The summed E-state index contributed by atoms with van der Waals surface area (Å²) in [5.41, 5.74) is 2.20. The summed E-state index contributed by atoms with van der Waals surface area (Å²) >= 11 is 4.04. The highest BCUT2D eigenvalue weighted by Gasteiger charge is 2.57. The lowest BCUT2D eigenvalue weighted by Crippen LogP contribution is -2.53. The molecule has 2 atom stereocenters. The number of carbonyl (C=O) groups excluding carboxylic acids is 1. The van der Waals surface area contributed by atoms with Crippen molar-refractivity contribution in [2.24, 2.45) is 17.3 Å². The number of alkyl halides is 1. The molecule has 4 aliphatic carbocycles. The summed E-state index contributed by atoms with van der Waals surface area (Å²) < 4.78 is 6.19. The van der Waals surface area contributed by atoms with E-state index in [0.717, 1.165) is 29.4 Å². The molecule has 0 radical (unpaired) electrons. The molecule has 0 heterocycles. The molecule has 2 aromatic carbocycles. The lowest BCUT2D eigenvalue weighted by molar-refractivity contribution is -0.141. The van der Waals surface area contributed by atoms with Crippen LogP contribution in [0.3, 0.4) is 0 Å². The maximum absolute atomic E-state index is 12.9. The van der Waals surface area contributed by atoms with E-state index in [1.54, 1.807) is 0 Å². The molecule has 2 aromatic rings. The van der Waals surface area contributed by atoms with Crippen LogP contribution in [0.4, 0.5) is 0 Å². The molecular weight excluding hydrogens is 400 g/mol. The van der Waals surface area contributed by atoms with Crippen LogP contribution in [-0.2, 0) is 4.79 Å². The van der Waals surface area contributed by atoms with E-state index in [-0.39, 0.29) is 15.7 Å². The van der Waals surface area contributed by atoms with Gasteiger partial charge in [0.15, 0.2) is 0 Å². The maximum Gasteiger partial charge on any atom is 0.311 e. The van der Waals surface area contributed by atoms with Crippen LogP contribution in [0.15, 0.2) is 54.6 Å². The zero-order valence-corrected chi connectivity index (χ0v) is 17.1. The average molecular weight is 425 g/mol. The lowest BCUT2D eigenvalue weighted by atomic mass is 9.49. The number of hydrogen-bond donors (Lipinski definition) is 0. The van der Waals surface area contributed by atoms with Crippen LogP contribution in [0, 0.1) is 17.3 Å². The Balaban J connectivity index is 1.35. The summed E-state index contributed by atoms with van der Waals surface area (Å²) in [6.07, 6.45) is 8.02. The van der Waals surface area contributed by atoms with Gasteiger partial charge in [0.2, 0.25) is 0 Å². The molecule has 6 rings (SSSR count). The molecule has 4 saturated carbocycles. The summed E-state index contributed by atoms with van der Waals surface area (Å²) in [5.74, 6) is 2.17.